The summed E-state index contributed by atoms with van der Waals surface area (Å²) in [5.41, 5.74) is 3.72. The second kappa shape index (κ2) is 9.89. The molecule has 0 unspecified atom stereocenters. The van der Waals surface area contributed by atoms with Crippen LogP contribution in [-0.2, 0) is 23.4 Å². The van der Waals surface area contributed by atoms with Crippen LogP contribution in [0.4, 0.5) is 5.69 Å². The first-order valence-electron chi connectivity index (χ1n) is 11.8. The van der Waals surface area contributed by atoms with Gasteiger partial charge in [0.2, 0.25) is 5.91 Å². The van der Waals surface area contributed by atoms with Crippen LogP contribution in [0.1, 0.15) is 41.1 Å². The molecule has 1 amide bonds. The van der Waals surface area contributed by atoms with E-state index in [1.54, 1.807) is 23.1 Å². The molecule has 1 fully saturated rings. The highest BCUT2D eigenvalue weighted by Crippen LogP contribution is 2.33. The number of benzene rings is 1. The van der Waals surface area contributed by atoms with Gasteiger partial charge in [-0.25, -0.2) is 4.98 Å². The number of aromatic amines is 1. The molecule has 0 atom stereocenters. The van der Waals surface area contributed by atoms with Gasteiger partial charge in [0.15, 0.2) is 0 Å². The van der Waals surface area contributed by atoms with Crippen LogP contribution < -0.4 is 10.5 Å². The SMILES string of the molecule is Cc1cccc(N2CCN(C(=O)CCSCc3nc4sc5c(c4c(=O)[nH]3)CCCC5)CC2)c1. The summed E-state index contributed by atoms with van der Waals surface area (Å²) < 4.78 is 0. The minimum absolute atomic E-state index is 0.00226. The predicted molar refractivity (Wildman–Crippen MR) is 138 cm³/mol. The lowest BCUT2D eigenvalue weighted by atomic mass is 9.97. The van der Waals surface area contributed by atoms with Gasteiger partial charge in [0, 0.05) is 48.9 Å². The van der Waals surface area contributed by atoms with Gasteiger partial charge in [-0.3, -0.25) is 9.59 Å². The first-order valence-corrected chi connectivity index (χ1v) is 13.8. The van der Waals surface area contributed by atoms with Crippen molar-refractivity contribution in [2.24, 2.45) is 0 Å². The second-order valence-electron chi connectivity index (χ2n) is 8.91. The fourth-order valence-corrected chi connectivity index (χ4v) is 6.88. The molecule has 174 valence electrons. The highest BCUT2D eigenvalue weighted by Gasteiger charge is 2.22. The van der Waals surface area contributed by atoms with E-state index in [9.17, 15) is 9.59 Å². The Kier molecular flexibility index (Phi) is 6.74. The molecule has 0 bridgehead atoms. The Morgan fingerprint density at radius 3 is 2.82 bits per heavy atom. The number of piperazine rings is 1. The lowest BCUT2D eigenvalue weighted by Crippen LogP contribution is -2.48. The van der Waals surface area contributed by atoms with Gasteiger partial charge in [0.25, 0.3) is 5.56 Å². The summed E-state index contributed by atoms with van der Waals surface area (Å²) in [5, 5.41) is 0.809. The Balaban J connectivity index is 1.10. The van der Waals surface area contributed by atoms with Crippen LogP contribution in [0.15, 0.2) is 29.1 Å². The molecule has 5 rings (SSSR count). The van der Waals surface area contributed by atoms with E-state index in [4.69, 9.17) is 4.98 Å². The van der Waals surface area contributed by atoms with E-state index in [0.29, 0.717) is 12.2 Å². The van der Waals surface area contributed by atoms with Crippen molar-refractivity contribution in [2.45, 2.75) is 44.8 Å². The molecule has 3 heterocycles. The van der Waals surface area contributed by atoms with Crippen molar-refractivity contribution < 1.29 is 4.79 Å². The zero-order valence-electron chi connectivity index (χ0n) is 19.1. The zero-order valence-corrected chi connectivity index (χ0v) is 20.7. The number of carbonyl (C=O) groups is 1. The number of aryl methyl sites for hydroxylation is 3. The Labute approximate surface area is 202 Å². The van der Waals surface area contributed by atoms with Gasteiger partial charge in [-0.2, -0.15) is 11.8 Å². The quantitative estimate of drug-likeness (QED) is 0.535. The van der Waals surface area contributed by atoms with E-state index >= 15 is 0 Å². The Morgan fingerprint density at radius 2 is 2.00 bits per heavy atom. The maximum atomic E-state index is 12.7. The number of amides is 1. The van der Waals surface area contributed by atoms with Gasteiger partial charge in [-0.1, -0.05) is 12.1 Å². The monoisotopic (exact) mass is 482 g/mol. The Bertz CT molecular complexity index is 1210. The van der Waals surface area contributed by atoms with Crippen molar-refractivity contribution in [3.63, 3.8) is 0 Å². The molecule has 1 saturated heterocycles. The molecule has 2 aromatic heterocycles. The number of anilines is 1. The van der Waals surface area contributed by atoms with Crippen LogP contribution in [0.25, 0.3) is 10.2 Å². The third kappa shape index (κ3) is 4.96. The molecule has 1 N–H and O–H groups in total. The first-order chi connectivity index (χ1) is 16.1. The number of carbonyl (C=O) groups excluding carboxylic acids is 1. The molecule has 1 aliphatic heterocycles. The molecule has 6 nitrogen and oxygen atoms in total. The smallest absolute Gasteiger partial charge is 0.259 e. The first kappa shape index (κ1) is 22.5. The van der Waals surface area contributed by atoms with E-state index in [-0.39, 0.29) is 11.5 Å². The van der Waals surface area contributed by atoms with Crippen molar-refractivity contribution in [1.29, 1.82) is 0 Å². The van der Waals surface area contributed by atoms with Crippen molar-refractivity contribution in [3.8, 4) is 0 Å². The normalized spacial score (nSPS) is 16.3. The average Bonchev–Trinajstić information content (AvgIpc) is 3.21. The zero-order chi connectivity index (χ0) is 22.8. The van der Waals surface area contributed by atoms with Crippen LogP contribution in [-0.4, -0.2) is 52.7 Å². The lowest BCUT2D eigenvalue weighted by Gasteiger charge is -2.36. The fourth-order valence-electron chi connectivity index (χ4n) is 4.80. The molecule has 0 saturated carbocycles. The number of thiophene rings is 1. The number of H-pyrrole nitrogens is 1. The van der Waals surface area contributed by atoms with Gasteiger partial charge in [-0.05, 0) is 55.9 Å². The molecule has 33 heavy (non-hydrogen) atoms. The van der Waals surface area contributed by atoms with E-state index in [1.807, 2.05) is 4.90 Å². The number of hydrogen-bond acceptors (Lipinski definition) is 6. The van der Waals surface area contributed by atoms with Crippen molar-refractivity contribution >= 4 is 44.9 Å². The van der Waals surface area contributed by atoms with Crippen molar-refractivity contribution in [2.75, 3.05) is 36.8 Å². The topological polar surface area (TPSA) is 69.3 Å². The van der Waals surface area contributed by atoms with Gasteiger partial charge in [-0.15, -0.1) is 11.3 Å². The molecule has 1 aromatic carbocycles. The number of hydrogen-bond donors (Lipinski definition) is 1. The molecular formula is C25H30N4O2S2. The van der Waals surface area contributed by atoms with Gasteiger partial charge >= 0.3 is 0 Å². The van der Waals surface area contributed by atoms with E-state index in [0.717, 1.165) is 67.2 Å². The van der Waals surface area contributed by atoms with Gasteiger partial charge in [0.05, 0.1) is 11.1 Å². The maximum absolute atomic E-state index is 12.7. The third-order valence-electron chi connectivity index (χ3n) is 6.57. The molecule has 1 aliphatic carbocycles. The summed E-state index contributed by atoms with van der Waals surface area (Å²) >= 11 is 3.35. The number of nitrogens with one attached hydrogen (secondary N) is 1. The van der Waals surface area contributed by atoms with Gasteiger partial charge in [0.1, 0.15) is 10.7 Å². The van der Waals surface area contributed by atoms with E-state index in [2.05, 4.69) is 41.1 Å². The summed E-state index contributed by atoms with van der Waals surface area (Å²) in [7, 11) is 0. The predicted octanol–water partition coefficient (Wildman–Crippen LogP) is 4.14. The minimum atomic E-state index is -0.00226. The molecule has 3 aromatic rings. The molecule has 2 aliphatic rings. The molecular weight excluding hydrogens is 452 g/mol. The van der Waals surface area contributed by atoms with Crippen LogP contribution in [0.3, 0.4) is 0 Å². The van der Waals surface area contributed by atoms with Crippen LogP contribution in [0.5, 0.6) is 0 Å². The number of rotatable bonds is 6. The van der Waals surface area contributed by atoms with Crippen molar-refractivity contribution in [3.05, 3.63) is 56.4 Å². The summed E-state index contributed by atoms with van der Waals surface area (Å²) in [6.45, 7) is 5.40. The van der Waals surface area contributed by atoms with E-state index in [1.165, 1.54) is 28.1 Å². The molecule has 0 radical (unpaired) electrons. The Morgan fingerprint density at radius 1 is 1.18 bits per heavy atom. The number of thioether (sulfide) groups is 1. The number of aromatic nitrogens is 2. The standard InChI is InChI=1S/C25H30N4O2S2/c1-17-5-4-6-18(15-17)28-10-12-29(13-11-28)22(30)9-14-32-16-21-26-24(31)23-19-7-2-3-8-20(19)33-25(23)27-21/h4-6,15H,2-3,7-14,16H2,1H3,(H,26,27,31). The second-order valence-corrected chi connectivity index (χ2v) is 11.1. The van der Waals surface area contributed by atoms with E-state index < -0.39 is 0 Å². The fraction of sp³-hybridized carbons (Fsp3) is 0.480. The molecule has 8 heteroatoms. The average molecular weight is 483 g/mol. The number of nitrogens with zero attached hydrogens (tertiary/aromatic N) is 3. The van der Waals surface area contributed by atoms with Crippen molar-refractivity contribution in [1.82, 2.24) is 14.9 Å². The molecule has 0 spiro atoms. The lowest BCUT2D eigenvalue weighted by molar-refractivity contribution is -0.131. The van der Waals surface area contributed by atoms with Gasteiger partial charge < -0.3 is 14.8 Å². The van der Waals surface area contributed by atoms with Crippen LogP contribution in [0, 0.1) is 6.92 Å². The largest absolute Gasteiger partial charge is 0.368 e. The summed E-state index contributed by atoms with van der Waals surface area (Å²) in [4.78, 5) is 39.6. The van der Waals surface area contributed by atoms with Crippen LogP contribution in [0.2, 0.25) is 0 Å². The third-order valence-corrected chi connectivity index (χ3v) is 8.73. The minimum Gasteiger partial charge on any atom is -0.368 e. The summed E-state index contributed by atoms with van der Waals surface area (Å²) in [5.74, 6) is 2.30. The Hall–Kier alpha value is -2.32. The highest BCUT2D eigenvalue weighted by molar-refractivity contribution is 7.98. The van der Waals surface area contributed by atoms with Crippen LogP contribution >= 0.6 is 23.1 Å². The number of fused-ring (bicyclic) bond motifs is 3. The summed E-state index contributed by atoms with van der Waals surface area (Å²) in [6, 6.07) is 8.54. The highest BCUT2D eigenvalue weighted by atomic mass is 32.2. The maximum Gasteiger partial charge on any atom is 0.259 e. The summed E-state index contributed by atoms with van der Waals surface area (Å²) in [6.07, 6.45) is 4.95.